The predicted octanol–water partition coefficient (Wildman–Crippen LogP) is 6.13. The van der Waals surface area contributed by atoms with Gasteiger partial charge in [-0.15, -0.1) is 11.3 Å². The van der Waals surface area contributed by atoms with Crippen molar-refractivity contribution < 1.29 is 23.5 Å². The molecule has 0 unspecified atom stereocenters. The number of carbonyl (C=O) groups excluding carboxylic acids is 2. The average Bonchev–Trinajstić information content (AvgIpc) is 3.11. The maximum Gasteiger partial charge on any atom is 0.341 e. The Morgan fingerprint density at radius 2 is 1.77 bits per heavy atom. The van der Waals surface area contributed by atoms with E-state index in [-0.39, 0.29) is 24.6 Å². The van der Waals surface area contributed by atoms with Crippen LogP contribution in [0.25, 0.3) is 11.1 Å². The zero-order valence-electron chi connectivity index (χ0n) is 17.3. The van der Waals surface area contributed by atoms with Gasteiger partial charge < -0.3 is 14.8 Å². The molecule has 0 bridgehead atoms. The van der Waals surface area contributed by atoms with Crippen LogP contribution in [-0.2, 0) is 9.53 Å². The SMILES string of the molecule is CCOC(=O)c1c(-c2ccc(F)cc2)csc1NC(=O)COc1c(C)cc(Br)cc1C. The van der Waals surface area contributed by atoms with Crippen molar-refractivity contribution in [2.45, 2.75) is 20.8 Å². The summed E-state index contributed by atoms with van der Waals surface area (Å²) < 4.78 is 25.1. The monoisotopic (exact) mass is 505 g/mol. The second-order valence-corrected chi connectivity index (χ2v) is 8.58. The van der Waals surface area contributed by atoms with Crippen molar-refractivity contribution in [2.75, 3.05) is 18.5 Å². The van der Waals surface area contributed by atoms with E-state index < -0.39 is 11.9 Å². The molecule has 0 fully saturated rings. The van der Waals surface area contributed by atoms with Gasteiger partial charge >= 0.3 is 5.97 Å². The van der Waals surface area contributed by atoms with Crippen LogP contribution >= 0.6 is 27.3 Å². The summed E-state index contributed by atoms with van der Waals surface area (Å²) in [6, 6.07) is 9.61. The summed E-state index contributed by atoms with van der Waals surface area (Å²) >= 11 is 4.63. The summed E-state index contributed by atoms with van der Waals surface area (Å²) in [6.07, 6.45) is 0. The van der Waals surface area contributed by atoms with Gasteiger partial charge in [0, 0.05) is 15.4 Å². The molecular formula is C23H21BrFNO4S. The Kier molecular flexibility index (Phi) is 7.46. The van der Waals surface area contributed by atoms with Gasteiger partial charge in [0.25, 0.3) is 5.91 Å². The molecule has 1 aromatic heterocycles. The second kappa shape index (κ2) is 10.1. The van der Waals surface area contributed by atoms with Gasteiger partial charge in [-0.1, -0.05) is 28.1 Å². The molecule has 5 nitrogen and oxygen atoms in total. The third kappa shape index (κ3) is 5.51. The lowest BCUT2D eigenvalue weighted by atomic mass is 10.0. The highest BCUT2D eigenvalue weighted by molar-refractivity contribution is 9.10. The second-order valence-electron chi connectivity index (χ2n) is 6.79. The van der Waals surface area contributed by atoms with Gasteiger partial charge in [-0.25, -0.2) is 9.18 Å². The van der Waals surface area contributed by atoms with E-state index >= 15 is 0 Å². The summed E-state index contributed by atoms with van der Waals surface area (Å²) in [4.78, 5) is 25.2. The first-order valence-electron chi connectivity index (χ1n) is 9.54. The van der Waals surface area contributed by atoms with E-state index in [1.54, 1.807) is 24.4 Å². The van der Waals surface area contributed by atoms with E-state index in [0.29, 0.717) is 21.9 Å². The van der Waals surface area contributed by atoms with Gasteiger partial charge in [-0.05, 0) is 61.7 Å². The highest BCUT2D eigenvalue weighted by atomic mass is 79.9. The number of amides is 1. The molecule has 1 heterocycles. The van der Waals surface area contributed by atoms with Crippen molar-refractivity contribution in [1.29, 1.82) is 0 Å². The van der Waals surface area contributed by atoms with Crippen molar-refractivity contribution in [3.8, 4) is 16.9 Å². The minimum Gasteiger partial charge on any atom is -0.483 e. The summed E-state index contributed by atoms with van der Waals surface area (Å²) in [5.74, 6) is -0.693. The molecule has 2 aromatic carbocycles. The molecule has 1 N–H and O–H groups in total. The van der Waals surface area contributed by atoms with Crippen LogP contribution in [0.5, 0.6) is 5.75 Å². The normalized spacial score (nSPS) is 10.6. The lowest BCUT2D eigenvalue weighted by Gasteiger charge is -2.13. The summed E-state index contributed by atoms with van der Waals surface area (Å²) in [7, 11) is 0. The Hall–Kier alpha value is -2.71. The average molecular weight is 506 g/mol. The number of halogens is 2. The fraction of sp³-hybridized carbons (Fsp3) is 0.217. The smallest absolute Gasteiger partial charge is 0.341 e. The molecule has 0 aliphatic rings. The van der Waals surface area contributed by atoms with E-state index in [1.165, 1.54) is 23.5 Å². The zero-order chi connectivity index (χ0) is 22.5. The molecule has 0 saturated heterocycles. The number of hydrogen-bond donors (Lipinski definition) is 1. The highest BCUT2D eigenvalue weighted by Gasteiger charge is 2.23. The van der Waals surface area contributed by atoms with E-state index in [1.807, 2.05) is 26.0 Å². The molecule has 162 valence electrons. The Labute approximate surface area is 192 Å². The number of esters is 1. The number of anilines is 1. The fourth-order valence-corrected chi connectivity index (χ4v) is 4.78. The number of hydrogen-bond acceptors (Lipinski definition) is 5. The minimum atomic E-state index is -0.557. The van der Waals surface area contributed by atoms with Crippen molar-refractivity contribution in [1.82, 2.24) is 0 Å². The molecule has 3 aromatic rings. The summed E-state index contributed by atoms with van der Waals surface area (Å²) in [6.45, 7) is 5.48. The maximum atomic E-state index is 13.3. The molecule has 0 aliphatic carbocycles. The predicted molar refractivity (Wildman–Crippen MR) is 123 cm³/mol. The van der Waals surface area contributed by atoms with Crippen LogP contribution < -0.4 is 10.1 Å². The maximum absolute atomic E-state index is 13.3. The molecule has 0 atom stereocenters. The van der Waals surface area contributed by atoms with Gasteiger partial charge in [0.05, 0.1) is 6.61 Å². The van der Waals surface area contributed by atoms with E-state index in [4.69, 9.17) is 9.47 Å². The Bertz CT molecular complexity index is 1090. The molecule has 0 radical (unpaired) electrons. The zero-order valence-corrected chi connectivity index (χ0v) is 19.7. The highest BCUT2D eigenvalue weighted by Crippen LogP contribution is 2.36. The van der Waals surface area contributed by atoms with Gasteiger partial charge in [0.15, 0.2) is 6.61 Å². The van der Waals surface area contributed by atoms with Crippen molar-refractivity contribution in [3.63, 3.8) is 0 Å². The van der Waals surface area contributed by atoms with Crippen molar-refractivity contribution >= 4 is 44.1 Å². The molecular weight excluding hydrogens is 485 g/mol. The van der Waals surface area contributed by atoms with Crippen LogP contribution in [0.4, 0.5) is 9.39 Å². The van der Waals surface area contributed by atoms with Crippen LogP contribution in [0.15, 0.2) is 46.3 Å². The minimum absolute atomic E-state index is 0.191. The molecule has 3 rings (SSSR count). The van der Waals surface area contributed by atoms with E-state index in [9.17, 15) is 14.0 Å². The number of ether oxygens (including phenoxy) is 2. The Morgan fingerprint density at radius 1 is 1.13 bits per heavy atom. The van der Waals surface area contributed by atoms with Crippen LogP contribution in [0.2, 0.25) is 0 Å². The molecule has 0 aliphatic heterocycles. The summed E-state index contributed by atoms with van der Waals surface area (Å²) in [5, 5.41) is 4.83. The first-order chi connectivity index (χ1) is 14.8. The topological polar surface area (TPSA) is 64.6 Å². The Balaban J connectivity index is 1.81. The number of aryl methyl sites for hydroxylation is 2. The number of rotatable bonds is 7. The largest absolute Gasteiger partial charge is 0.483 e. The van der Waals surface area contributed by atoms with Gasteiger partial charge in [-0.3, -0.25) is 4.79 Å². The lowest BCUT2D eigenvalue weighted by molar-refractivity contribution is -0.118. The third-order valence-electron chi connectivity index (χ3n) is 4.45. The van der Waals surface area contributed by atoms with Crippen molar-refractivity contribution in [3.05, 3.63) is 68.8 Å². The summed E-state index contributed by atoms with van der Waals surface area (Å²) in [5.41, 5.74) is 3.27. The molecule has 0 saturated carbocycles. The molecule has 8 heteroatoms. The van der Waals surface area contributed by atoms with Gasteiger partial charge in [0.2, 0.25) is 0 Å². The van der Waals surface area contributed by atoms with Crippen LogP contribution in [-0.4, -0.2) is 25.1 Å². The van der Waals surface area contributed by atoms with Crippen molar-refractivity contribution in [2.24, 2.45) is 0 Å². The molecule has 1 amide bonds. The fourth-order valence-electron chi connectivity index (χ4n) is 3.12. The Morgan fingerprint density at radius 3 is 2.39 bits per heavy atom. The number of nitrogens with one attached hydrogen (secondary N) is 1. The number of benzene rings is 2. The van der Waals surface area contributed by atoms with Crippen LogP contribution in [0.1, 0.15) is 28.4 Å². The van der Waals surface area contributed by atoms with Gasteiger partial charge in [-0.2, -0.15) is 0 Å². The molecule has 0 spiro atoms. The lowest BCUT2D eigenvalue weighted by Crippen LogP contribution is -2.21. The standard InChI is InChI=1S/C23H21BrFNO4S/c1-4-29-23(28)20-18(15-5-7-17(25)8-6-15)12-31-22(20)26-19(27)11-30-21-13(2)9-16(24)10-14(21)3/h5-10,12H,4,11H2,1-3H3,(H,26,27). The first kappa shape index (κ1) is 23.0. The number of thiophene rings is 1. The third-order valence-corrected chi connectivity index (χ3v) is 5.80. The van der Waals surface area contributed by atoms with E-state index in [0.717, 1.165) is 15.6 Å². The first-order valence-corrected chi connectivity index (χ1v) is 11.2. The number of carbonyl (C=O) groups is 2. The quantitative estimate of drug-likeness (QED) is 0.392. The molecule has 31 heavy (non-hydrogen) atoms. The van der Waals surface area contributed by atoms with E-state index in [2.05, 4.69) is 21.2 Å². The van der Waals surface area contributed by atoms with Gasteiger partial charge in [0.1, 0.15) is 22.1 Å². The van der Waals surface area contributed by atoms with Crippen LogP contribution in [0.3, 0.4) is 0 Å². The van der Waals surface area contributed by atoms with Crippen LogP contribution in [0, 0.1) is 19.7 Å².